The molecule has 0 radical (unpaired) electrons. The molecule has 1 aliphatic heterocycles. The maximum atomic E-state index is 5.34. The van der Waals surface area contributed by atoms with Crippen LogP contribution in [-0.2, 0) is 0 Å². The van der Waals surface area contributed by atoms with E-state index in [2.05, 4.69) is 31.8 Å². The monoisotopic (exact) mass is 167 g/mol. The molecule has 0 aromatic carbocycles. The lowest BCUT2D eigenvalue weighted by atomic mass is 10.3. The molecule has 1 rings (SSSR count). The first kappa shape index (κ1) is 9.57. The van der Waals surface area contributed by atoms with Crippen molar-refractivity contribution in [1.82, 2.24) is 4.90 Å². The summed E-state index contributed by atoms with van der Waals surface area (Å²) in [6.07, 6.45) is 5.34. The van der Waals surface area contributed by atoms with Crippen molar-refractivity contribution < 1.29 is 4.48 Å². The van der Waals surface area contributed by atoms with Gasteiger partial charge in [0.25, 0.3) is 0 Å². The molecular formula is C10H19N2+. The van der Waals surface area contributed by atoms with E-state index in [-0.39, 0.29) is 0 Å². The van der Waals surface area contributed by atoms with E-state index >= 15 is 0 Å². The van der Waals surface area contributed by atoms with Gasteiger partial charge in [-0.25, -0.2) is 0 Å². The van der Waals surface area contributed by atoms with Gasteiger partial charge in [0.05, 0.1) is 26.2 Å². The van der Waals surface area contributed by atoms with Crippen molar-refractivity contribution in [3.63, 3.8) is 0 Å². The average Bonchev–Trinajstić information content (AvgIpc) is 2.67. The molecule has 12 heavy (non-hydrogen) atoms. The lowest BCUT2D eigenvalue weighted by Gasteiger charge is -2.31. The molecule has 1 aliphatic rings. The van der Waals surface area contributed by atoms with Gasteiger partial charge in [0.2, 0.25) is 0 Å². The van der Waals surface area contributed by atoms with Gasteiger partial charge in [0.15, 0.2) is 0 Å². The Morgan fingerprint density at radius 1 is 1.67 bits per heavy atom. The summed E-state index contributed by atoms with van der Waals surface area (Å²) in [5.41, 5.74) is 0. The van der Waals surface area contributed by atoms with Crippen LogP contribution in [0.1, 0.15) is 6.92 Å². The van der Waals surface area contributed by atoms with E-state index in [0.717, 1.165) is 23.6 Å². The molecule has 1 fully saturated rings. The van der Waals surface area contributed by atoms with Crippen LogP contribution in [0, 0.1) is 12.3 Å². The Labute approximate surface area is 75.7 Å². The van der Waals surface area contributed by atoms with Crippen LogP contribution in [0.2, 0.25) is 0 Å². The molecule has 1 heterocycles. The van der Waals surface area contributed by atoms with Crippen LogP contribution in [0.5, 0.6) is 0 Å². The molecule has 0 N–H and O–H groups in total. The normalized spacial score (nSPS) is 32.2. The molecule has 0 saturated carbocycles. The van der Waals surface area contributed by atoms with Crippen molar-refractivity contribution in [2.24, 2.45) is 0 Å². The van der Waals surface area contributed by atoms with Crippen molar-refractivity contribution >= 4 is 0 Å². The van der Waals surface area contributed by atoms with Crippen molar-refractivity contribution in [1.29, 1.82) is 0 Å². The second-order valence-corrected chi connectivity index (χ2v) is 4.07. The molecule has 2 heteroatoms. The summed E-state index contributed by atoms with van der Waals surface area (Å²) < 4.78 is 1.02. The molecule has 68 valence electrons. The third-order valence-corrected chi connectivity index (χ3v) is 2.88. The fraction of sp³-hybridized carbons (Fsp3) is 0.800. The molecule has 0 aliphatic carbocycles. The summed E-state index contributed by atoms with van der Waals surface area (Å²) >= 11 is 0. The number of hydrogen-bond acceptors (Lipinski definition) is 1. The molecular weight excluding hydrogens is 148 g/mol. The number of rotatable bonds is 4. The fourth-order valence-corrected chi connectivity index (χ4v) is 1.52. The predicted octanol–water partition coefficient (Wildman–Crippen LogP) is 0.400. The lowest BCUT2D eigenvalue weighted by Crippen LogP contribution is -2.47. The van der Waals surface area contributed by atoms with E-state index < -0.39 is 0 Å². The van der Waals surface area contributed by atoms with Gasteiger partial charge in [-0.3, -0.25) is 4.90 Å². The van der Waals surface area contributed by atoms with Crippen molar-refractivity contribution in [3.05, 3.63) is 0 Å². The van der Waals surface area contributed by atoms with Gasteiger partial charge in [0.1, 0.15) is 6.54 Å². The van der Waals surface area contributed by atoms with E-state index in [9.17, 15) is 0 Å². The second kappa shape index (κ2) is 3.47. The predicted molar refractivity (Wildman–Crippen MR) is 51.7 cm³/mol. The van der Waals surface area contributed by atoms with E-state index in [0.29, 0.717) is 0 Å². The molecule has 0 aromatic rings. The van der Waals surface area contributed by atoms with Crippen LogP contribution in [0.25, 0.3) is 0 Å². The summed E-state index contributed by atoms with van der Waals surface area (Å²) in [7, 11) is 4.41. The molecule has 0 spiro atoms. The first-order chi connectivity index (χ1) is 5.61. The Morgan fingerprint density at radius 2 is 2.25 bits per heavy atom. The molecule has 2 nitrogen and oxygen atoms in total. The van der Waals surface area contributed by atoms with Gasteiger partial charge in [0, 0.05) is 6.54 Å². The summed E-state index contributed by atoms with van der Waals surface area (Å²) in [5, 5.41) is 0. The Morgan fingerprint density at radius 3 is 2.58 bits per heavy atom. The molecule has 0 aromatic heterocycles. The van der Waals surface area contributed by atoms with Crippen molar-refractivity contribution in [2.45, 2.75) is 13.0 Å². The zero-order valence-electron chi connectivity index (χ0n) is 8.38. The quantitative estimate of drug-likeness (QED) is 0.333. The van der Waals surface area contributed by atoms with Crippen LogP contribution in [0.15, 0.2) is 0 Å². The maximum absolute atomic E-state index is 5.34. The van der Waals surface area contributed by atoms with Crippen LogP contribution < -0.4 is 0 Å². The fourth-order valence-electron chi connectivity index (χ4n) is 1.52. The highest BCUT2D eigenvalue weighted by molar-refractivity contribution is 4.88. The van der Waals surface area contributed by atoms with Crippen LogP contribution in [0.4, 0.5) is 0 Å². The third kappa shape index (κ3) is 2.23. The van der Waals surface area contributed by atoms with E-state index in [1.807, 2.05) is 0 Å². The molecule has 1 saturated heterocycles. The highest BCUT2D eigenvalue weighted by Gasteiger charge is 2.36. The second-order valence-electron chi connectivity index (χ2n) is 4.07. The molecule has 0 bridgehead atoms. The number of likely N-dealkylation sites (N-methyl/N-ethyl adjacent to an activating group) is 2. The Hall–Kier alpha value is -0.520. The molecule has 3 unspecified atom stereocenters. The molecule has 0 amide bonds. The largest absolute Gasteiger partial charge is 0.315 e. The average molecular weight is 167 g/mol. The van der Waals surface area contributed by atoms with Gasteiger partial charge in [-0.05, 0) is 19.9 Å². The highest BCUT2D eigenvalue weighted by atomic mass is 15.4. The summed E-state index contributed by atoms with van der Waals surface area (Å²) in [6, 6.07) is 0.781. The zero-order chi connectivity index (χ0) is 9.19. The maximum Gasteiger partial charge on any atom is 0.140 e. The molecule has 3 atom stereocenters. The SMILES string of the molecule is C#CC[N+](C)(CC)CC1CN1C. The summed E-state index contributed by atoms with van der Waals surface area (Å²) in [6.45, 7) is 6.66. The number of hydrogen-bond donors (Lipinski definition) is 0. The van der Waals surface area contributed by atoms with Crippen molar-refractivity contribution in [3.8, 4) is 12.3 Å². The van der Waals surface area contributed by atoms with Crippen LogP contribution >= 0.6 is 0 Å². The third-order valence-electron chi connectivity index (χ3n) is 2.88. The van der Waals surface area contributed by atoms with Gasteiger partial charge in [-0.15, -0.1) is 6.42 Å². The minimum Gasteiger partial charge on any atom is -0.315 e. The first-order valence-corrected chi connectivity index (χ1v) is 4.58. The van der Waals surface area contributed by atoms with Crippen LogP contribution in [0.3, 0.4) is 0 Å². The van der Waals surface area contributed by atoms with Gasteiger partial charge < -0.3 is 4.48 Å². The highest BCUT2D eigenvalue weighted by Crippen LogP contribution is 2.17. The number of nitrogens with zero attached hydrogens (tertiary/aromatic N) is 2. The Balaban J connectivity index is 2.39. The summed E-state index contributed by atoms with van der Waals surface area (Å²) in [5.74, 6) is 2.76. The van der Waals surface area contributed by atoms with Gasteiger partial charge in [-0.1, -0.05) is 0 Å². The van der Waals surface area contributed by atoms with Crippen molar-refractivity contribution in [2.75, 3.05) is 40.3 Å². The van der Waals surface area contributed by atoms with Gasteiger partial charge >= 0.3 is 0 Å². The standard InChI is InChI=1S/C10H19N2/c1-5-7-12(4,6-2)9-10-8-11(10)3/h1,10H,6-9H2,2-4H3/q+1. The topological polar surface area (TPSA) is 3.01 Å². The first-order valence-electron chi connectivity index (χ1n) is 4.58. The summed E-state index contributed by atoms with van der Waals surface area (Å²) in [4.78, 5) is 2.36. The van der Waals surface area contributed by atoms with E-state index in [1.54, 1.807) is 0 Å². The van der Waals surface area contributed by atoms with E-state index in [1.165, 1.54) is 13.1 Å². The Bertz CT molecular complexity index is 195. The minimum absolute atomic E-state index is 0.781. The minimum atomic E-state index is 0.781. The Kier molecular flexibility index (Phi) is 2.76. The van der Waals surface area contributed by atoms with Crippen LogP contribution in [-0.4, -0.2) is 55.7 Å². The number of terminal acetylenes is 1. The lowest BCUT2D eigenvalue weighted by molar-refractivity contribution is -0.900. The smallest absolute Gasteiger partial charge is 0.140 e. The van der Waals surface area contributed by atoms with E-state index in [4.69, 9.17) is 6.42 Å². The zero-order valence-corrected chi connectivity index (χ0v) is 8.38. The number of quaternary nitrogens is 1. The van der Waals surface area contributed by atoms with Gasteiger partial charge in [-0.2, -0.15) is 0 Å².